The van der Waals surface area contributed by atoms with Crippen LogP contribution in [0.1, 0.15) is 46.4 Å². The molecule has 1 aliphatic heterocycles. The lowest BCUT2D eigenvalue weighted by molar-refractivity contribution is 0.0550. The van der Waals surface area contributed by atoms with Crippen LogP contribution in [-0.4, -0.2) is 36.4 Å². The first-order chi connectivity index (χ1) is 9.89. The molecule has 2 amide bonds. The van der Waals surface area contributed by atoms with Gasteiger partial charge in [0.25, 0.3) is 11.8 Å². The van der Waals surface area contributed by atoms with E-state index in [2.05, 4.69) is 0 Å². The van der Waals surface area contributed by atoms with Gasteiger partial charge in [-0.3, -0.25) is 14.5 Å². The Balaban J connectivity index is 1.79. The van der Waals surface area contributed by atoms with Crippen LogP contribution in [0.4, 0.5) is 0 Å². The molecule has 0 bridgehead atoms. The second-order valence-corrected chi connectivity index (χ2v) is 7.39. The van der Waals surface area contributed by atoms with Gasteiger partial charge in [0.2, 0.25) is 10.0 Å². The van der Waals surface area contributed by atoms with E-state index < -0.39 is 15.3 Å². The topological polar surface area (TPSA) is 97.5 Å². The third kappa shape index (κ3) is 2.36. The van der Waals surface area contributed by atoms with Crippen molar-refractivity contribution in [3.63, 3.8) is 0 Å². The van der Waals surface area contributed by atoms with Gasteiger partial charge in [-0.15, -0.1) is 0 Å². The molecule has 6 nitrogen and oxygen atoms in total. The molecule has 1 fully saturated rings. The standard InChI is InChI=1S/C14H16N2O4S/c15-21(19,20)10-7-5-9(6-8-10)16-13(17)11-3-1-2-4-12(11)14(16)18/h1-4,9-10H,5-8H2,(H2,15,19,20). The van der Waals surface area contributed by atoms with Crippen LogP contribution in [0.2, 0.25) is 0 Å². The summed E-state index contributed by atoms with van der Waals surface area (Å²) in [6.07, 6.45) is 1.73. The summed E-state index contributed by atoms with van der Waals surface area (Å²) in [6, 6.07) is 6.50. The molecule has 0 aromatic heterocycles. The zero-order valence-corrected chi connectivity index (χ0v) is 12.2. The number of carbonyl (C=O) groups excluding carboxylic acids is 2. The summed E-state index contributed by atoms with van der Waals surface area (Å²) >= 11 is 0. The van der Waals surface area contributed by atoms with Crippen LogP contribution in [-0.2, 0) is 10.0 Å². The fraction of sp³-hybridized carbons (Fsp3) is 0.429. The van der Waals surface area contributed by atoms with Gasteiger partial charge in [-0.1, -0.05) is 12.1 Å². The molecule has 1 heterocycles. The Labute approximate surface area is 123 Å². The SMILES string of the molecule is NS(=O)(=O)C1CCC(N2C(=O)c3ccccc3C2=O)CC1. The third-order valence-corrected chi connectivity index (χ3v) is 5.70. The number of amides is 2. The number of hydrogen-bond donors (Lipinski definition) is 1. The number of hydrogen-bond acceptors (Lipinski definition) is 4. The van der Waals surface area contributed by atoms with Crippen molar-refractivity contribution in [1.29, 1.82) is 0 Å². The summed E-state index contributed by atoms with van der Waals surface area (Å²) < 4.78 is 22.7. The van der Waals surface area contributed by atoms with Crippen molar-refractivity contribution in [2.45, 2.75) is 37.0 Å². The zero-order valence-electron chi connectivity index (χ0n) is 11.4. The molecule has 0 radical (unpaired) electrons. The van der Waals surface area contributed by atoms with Gasteiger partial charge in [-0.05, 0) is 37.8 Å². The largest absolute Gasteiger partial charge is 0.271 e. The van der Waals surface area contributed by atoms with E-state index in [0.29, 0.717) is 36.8 Å². The van der Waals surface area contributed by atoms with Crippen molar-refractivity contribution in [1.82, 2.24) is 4.90 Å². The molecule has 7 heteroatoms. The molecule has 0 unspecified atom stereocenters. The maximum atomic E-state index is 12.3. The fourth-order valence-corrected chi connectivity index (χ4v) is 4.10. The van der Waals surface area contributed by atoms with Crippen LogP contribution < -0.4 is 5.14 Å². The van der Waals surface area contributed by atoms with Gasteiger partial charge in [0.1, 0.15) is 0 Å². The first kappa shape index (κ1) is 14.2. The van der Waals surface area contributed by atoms with Gasteiger partial charge in [-0.25, -0.2) is 13.6 Å². The van der Waals surface area contributed by atoms with E-state index in [-0.39, 0.29) is 17.9 Å². The molecule has 3 rings (SSSR count). The summed E-state index contributed by atoms with van der Waals surface area (Å²) in [6.45, 7) is 0. The first-order valence-electron chi connectivity index (χ1n) is 6.88. The Kier molecular flexibility index (Phi) is 3.33. The number of sulfonamides is 1. The maximum Gasteiger partial charge on any atom is 0.261 e. The van der Waals surface area contributed by atoms with Crippen LogP contribution in [0, 0.1) is 0 Å². The van der Waals surface area contributed by atoms with Crippen molar-refractivity contribution in [3.05, 3.63) is 35.4 Å². The van der Waals surface area contributed by atoms with E-state index in [4.69, 9.17) is 5.14 Å². The van der Waals surface area contributed by atoms with Crippen molar-refractivity contribution < 1.29 is 18.0 Å². The Morgan fingerprint density at radius 2 is 1.43 bits per heavy atom. The molecular formula is C14H16N2O4S. The second kappa shape index (κ2) is 4.92. The molecule has 112 valence electrons. The van der Waals surface area contributed by atoms with E-state index in [0.717, 1.165) is 0 Å². The predicted octanol–water partition coefficient (Wildman–Crippen LogP) is 0.882. The molecule has 21 heavy (non-hydrogen) atoms. The quantitative estimate of drug-likeness (QED) is 0.820. The van der Waals surface area contributed by atoms with Gasteiger partial charge in [0.15, 0.2) is 0 Å². The van der Waals surface area contributed by atoms with Gasteiger partial charge in [-0.2, -0.15) is 0 Å². The van der Waals surface area contributed by atoms with Gasteiger partial charge in [0.05, 0.1) is 16.4 Å². The third-order valence-electron chi connectivity index (χ3n) is 4.30. The normalized spacial score (nSPS) is 26.0. The molecule has 0 saturated heterocycles. The van der Waals surface area contributed by atoms with Gasteiger partial charge in [0, 0.05) is 6.04 Å². The average Bonchev–Trinajstić information content (AvgIpc) is 2.71. The number of imide groups is 1. The van der Waals surface area contributed by atoms with E-state index in [1.54, 1.807) is 24.3 Å². The van der Waals surface area contributed by atoms with Crippen molar-refractivity contribution in [3.8, 4) is 0 Å². The molecular weight excluding hydrogens is 292 g/mol. The Morgan fingerprint density at radius 3 is 1.86 bits per heavy atom. The second-order valence-electron chi connectivity index (χ2n) is 5.55. The van der Waals surface area contributed by atoms with Crippen LogP contribution in [0.15, 0.2) is 24.3 Å². The maximum absolute atomic E-state index is 12.3. The highest BCUT2D eigenvalue weighted by atomic mass is 32.2. The molecule has 1 aliphatic carbocycles. The zero-order chi connectivity index (χ0) is 15.2. The summed E-state index contributed by atoms with van der Waals surface area (Å²) in [4.78, 5) is 26.0. The summed E-state index contributed by atoms with van der Waals surface area (Å²) in [5, 5.41) is 4.59. The van der Waals surface area contributed by atoms with Crippen LogP contribution in [0.25, 0.3) is 0 Å². The average molecular weight is 308 g/mol. The minimum absolute atomic E-state index is 0.240. The lowest BCUT2D eigenvalue weighted by Gasteiger charge is -2.32. The fourth-order valence-electron chi connectivity index (χ4n) is 3.17. The lowest BCUT2D eigenvalue weighted by atomic mass is 9.94. The number of fused-ring (bicyclic) bond motifs is 1. The number of carbonyl (C=O) groups is 2. The number of benzene rings is 1. The number of nitrogens with two attached hydrogens (primary N) is 1. The van der Waals surface area contributed by atoms with Gasteiger partial charge < -0.3 is 0 Å². The Hall–Kier alpha value is -1.73. The number of primary sulfonamides is 1. The van der Waals surface area contributed by atoms with E-state index in [1.165, 1.54) is 4.90 Å². The molecule has 0 spiro atoms. The van der Waals surface area contributed by atoms with Crippen LogP contribution in [0.3, 0.4) is 0 Å². The lowest BCUT2D eigenvalue weighted by Crippen LogP contribution is -2.44. The molecule has 2 aliphatic rings. The van der Waals surface area contributed by atoms with Crippen molar-refractivity contribution in [2.24, 2.45) is 5.14 Å². The molecule has 1 aromatic carbocycles. The van der Waals surface area contributed by atoms with E-state index >= 15 is 0 Å². The highest BCUT2D eigenvalue weighted by Crippen LogP contribution is 2.32. The molecule has 0 atom stereocenters. The van der Waals surface area contributed by atoms with Crippen LogP contribution >= 0.6 is 0 Å². The summed E-state index contributed by atoms with van der Waals surface area (Å²) in [5.41, 5.74) is 0.854. The number of nitrogens with zero attached hydrogens (tertiary/aromatic N) is 1. The molecule has 1 aromatic rings. The minimum atomic E-state index is -3.54. The smallest absolute Gasteiger partial charge is 0.261 e. The Morgan fingerprint density at radius 1 is 0.952 bits per heavy atom. The summed E-state index contributed by atoms with van der Waals surface area (Å²) in [7, 11) is -3.54. The van der Waals surface area contributed by atoms with Crippen molar-refractivity contribution in [2.75, 3.05) is 0 Å². The number of rotatable bonds is 2. The highest BCUT2D eigenvalue weighted by molar-refractivity contribution is 7.89. The van der Waals surface area contributed by atoms with E-state index in [1.807, 2.05) is 0 Å². The van der Waals surface area contributed by atoms with Crippen LogP contribution in [0.5, 0.6) is 0 Å². The summed E-state index contributed by atoms with van der Waals surface area (Å²) in [5.74, 6) is -0.565. The monoisotopic (exact) mass is 308 g/mol. The van der Waals surface area contributed by atoms with E-state index in [9.17, 15) is 18.0 Å². The van der Waals surface area contributed by atoms with Crippen molar-refractivity contribution >= 4 is 21.8 Å². The molecule has 2 N–H and O–H groups in total. The highest BCUT2D eigenvalue weighted by Gasteiger charge is 2.41. The minimum Gasteiger partial charge on any atom is -0.271 e. The molecule has 1 saturated carbocycles. The Bertz CT molecular complexity index is 670. The van der Waals surface area contributed by atoms with Gasteiger partial charge >= 0.3 is 0 Å². The predicted molar refractivity (Wildman–Crippen MR) is 76.1 cm³/mol. The first-order valence-corrected chi connectivity index (χ1v) is 8.49.